The highest BCUT2D eigenvalue weighted by Gasteiger charge is 2.16. The van der Waals surface area contributed by atoms with E-state index in [4.69, 9.17) is 14.4 Å². The van der Waals surface area contributed by atoms with Crippen LogP contribution >= 0.6 is 0 Å². The first-order valence-corrected chi connectivity index (χ1v) is 5.19. The maximum Gasteiger partial charge on any atom is 0.339 e. The summed E-state index contributed by atoms with van der Waals surface area (Å²) in [7, 11) is -3.14. The Bertz CT molecular complexity index is 490. The van der Waals surface area contributed by atoms with E-state index in [1.54, 1.807) is 0 Å². The molecule has 1 aromatic rings. The standard InChI is InChI=1S/C8H8O6S/c1-14-7-3-2-5(15(11,12)13)4-6(7)8(9)10/h2-4H,1H3,(H,9,10)(H,11,12,13). The monoisotopic (exact) mass is 232 g/mol. The summed E-state index contributed by atoms with van der Waals surface area (Å²) in [4.78, 5) is 10.2. The lowest BCUT2D eigenvalue weighted by molar-refractivity contribution is 0.0693. The quantitative estimate of drug-likeness (QED) is 0.741. The number of rotatable bonds is 3. The summed E-state index contributed by atoms with van der Waals surface area (Å²) in [5.74, 6) is -1.31. The van der Waals surface area contributed by atoms with Gasteiger partial charge >= 0.3 is 5.97 Å². The van der Waals surface area contributed by atoms with Crippen LogP contribution in [0, 0.1) is 0 Å². The smallest absolute Gasteiger partial charge is 0.339 e. The molecule has 0 spiro atoms. The molecule has 0 saturated heterocycles. The molecule has 0 amide bonds. The van der Waals surface area contributed by atoms with Crippen LogP contribution in [-0.2, 0) is 10.1 Å². The number of carboxylic acids is 1. The highest BCUT2D eigenvalue weighted by molar-refractivity contribution is 7.85. The van der Waals surface area contributed by atoms with Crippen LogP contribution in [0.2, 0.25) is 0 Å². The predicted octanol–water partition coefficient (Wildman–Crippen LogP) is 0.640. The third-order valence-corrected chi connectivity index (χ3v) is 2.55. The highest BCUT2D eigenvalue weighted by Crippen LogP contribution is 2.22. The van der Waals surface area contributed by atoms with Gasteiger partial charge in [0.25, 0.3) is 10.1 Å². The normalized spacial score (nSPS) is 11.1. The second-order valence-electron chi connectivity index (χ2n) is 2.64. The van der Waals surface area contributed by atoms with Crippen molar-refractivity contribution in [1.82, 2.24) is 0 Å². The summed E-state index contributed by atoms with van der Waals surface area (Å²) in [6.07, 6.45) is 0. The molecule has 0 aliphatic carbocycles. The minimum Gasteiger partial charge on any atom is -0.496 e. The van der Waals surface area contributed by atoms with Crippen molar-refractivity contribution in [3.8, 4) is 5.75 Å². The van der Waals surface area contributed by atoms with Gasteiger partial charge in [-0.15, -0.1) is 0 Å². The van der Waals surface area contributed by atoms with E-state index in [2.05, 4.69) is 0 Å². The molecule has 0 radical (unpaired) electrons. The molecule has 1 rings (SSSR count). The van der Waals surface area contributed by atoms with Gasteiger partial charge < -0.3 is 9.84 Å². The van der Waals surface area contributed by atoms with Gasteiger partial charge in [-0.05, 0) is 18.2 Å². The third kappa shape index (κ3) is 2.45. The molecule has 0 bridgehead atoms. The maximum absolute atomic E-state index is 10.7. The van der Waals surface area contributed by atoms with E-state index in [1.165, 1.54) is 7.11 Å². The van der Waals surface area contributed by atoms with Gasteiger partial charge in [0.15, 0.2) is 0 Å². The summed E-state index contributed by atoms with van der Waals surface area (Å²) < 4.78 is 34.9. The van der Waals surface area contributed by atoms with Crippen LogP contribution in [0.1, 0.15) is 10.4 Å². The Morgan fingerprint density at radius 1 is 1.40 bits per heavy atom. The first-order chi connectivity index (χ1) is 6.86. The summed E-state index contributed by atoms with van der Waals surface area (Å²) in [5.41, 5.74) is -0.326. The Hall–Kier alpha value is -1.60. The molecule has 6 nitrogen and oxygen atoms in total. The van der Waals surface area contributed by atoms with Crippen LogP contribution in [-0.4, -0.2) is 31.2 Å². The fraction of sp³-hybridized carbons (Fsp3) is 0.125. The average molecular weight is 232 g/mol. The summed E-state index contributed by atoms with van der Waals surface area (Å²) in [5, 5.41) is 8.73. The van der Waals surface area contributed by atoms with E-state index >= 15 is 0 Å². The van der Waals surface area contributed by atoms with Gasteiger partial charge in [-0.2, -0.15) is 8.42 Å². The number of hydrogen-bond acceptors (Lipinski definition) is 4. The Morgan fingerprint density at radius 3 is 2.40 bits per heavy atom. The molecule has 0 unspecified atom stereocenters. The lowest BCUT2D eigenvalue weighted by atomic mass is 10.2. The maximum atomic E-state index is 10.7. The molecule has 1 aromatic carbocycles. The van der Waals surface area contributed by atoms with Crippen molar-refractivity contribution >= 4 is 16.1 Å². The highest BCUT2D eigenvalue weighted by atomic mass is 32.2. The number of aromatic carboxylic acids is 1. The fourth-order valence-electron chi connectivity index (χ4n) is 1.01. The van der Waals surface area contributed by atoms with Crippen LogP contribution in [0.25, 0.3) is 0 Å². The molecule has 0 fully saturated rings. The van der Waals surface area contributed by atoms with E-state index in [-0.39, 0.29) is 11.3 Å². The van der Waals surface area contributed by atoms with Gasteiger partial charge in [0.1, 0.15) is 11.3 Å². The number of carboxylic acid groups (broad SMARTS) is 1. The number of carbonyl (C=O) groups is 1. The fourth-order valence-corrected chi connectivity index (χ4v) is 1.52. The van der Waals surface area contributed by atoms with Gasteiger partial charge in [0.2, 0.25) is 0 Å². The zero-order valence-electron chi connectivity index (χ0n) is 7.67. The Labute approximate surface area is 85.9 Å². The van der Waals surface area contributed by atoms with Crippen molar-refractivity contribution in [2.45, 2.75) is 4.90 Å². The van der Waals surface area contributed by atoms with Crippen molar-refractivity contribution in [2.24, 2.45) is 0 Å². The van der Waals surface area contributed by atoms with E-state index < -0.39 is 21.0 Å². The minimum atomic E-state index is -4.40. The minimum absolute atomic E-state index is 0.0231. The van der Waals surface area contributed by atoms with Crippen molar-refractivity contribution in [3.05, 3.63) is 23.8 Å². The van der Waals surface area contributed by atoms with Gasteiger partial charge in [-0.1, -0.05) is 0 Å². The number of methoxy groups -OCH3 is 1. The molecular weight excluding hydrogens is 224 g/mol. The van der Waals surface area contributed by atoms with Crippen molar-refractivity contribution < 1.29 is 27.6 Å². The summed E-state index contributed by atoms with van der Waals surface area (Å²) >= 11 is 0. The van der Waals surface area contributed by atoms with E-state index in [9.17, 15) is 13.2 Å². The second kappa shape index (κ2) is 3.87. The van der Waals surface area contributed by atoms with E-state index in [0.29, 0.717) is 0 Å². The zero-order chi connectivity index (χ0) is 11.6. The number of ether oxygens (including phenoxy) is 1. The van der Waals surface area contributed by atoms with Gasteiger partial charge in [-0.3, -0.25) is 4.55 Å². The number of hydrogen-bond donors (Lipinski definition) is 2. The molecule has 0 saturated carbocycles. The van der Waals surface area contributed by atoms with E-state index in [0.717, 1.165) is 18.2 Å². The predicted molar refractivity (Wildman–Crippen MR) is 49.8 cm³/mol. The van der Waals surface area contributed by atoms with Gasteiger partial charge in [0.05, 0.1) is 12.0 Å². The molecule has 15 heavy (non-hydrogen) atoms. The van der Waals surface area contributed by atoms with Crippen molar-refractivity contribution in [1.29, 1.82) is 0 Å². The Morgan fingerprint density at radius 2 is 2.00 bits per heavy atom. The van der Waals surface area contributed by atoms with Crippen molar-refractivity contribution in [3.63, 3.8) is 0 Å². The topological polar surface area (TPSA) is 101 Å². The van der Waals surface area contributed by atoms with Crippen LogP contribution in [0.3, 0.4) is 0 Å². The second-order valence-corrected chi connectivity index (χ2v) is 4.06. The zero-order valence-corrected chi connectivity index (χ0v) is 8.48. The average Bonchev–Trinajstić information content (AvgIpc) is 2.15. The van der Waals surface area contributed by atoms with Gasteiger partial charge in [0, 0.05) is 0 Å². The largest absolute Gasteiger partial charge is 0.496 e. The van der Waals surface area contributed by atoms with Crippen LogP contribution < -0.4 is 4.74 Å². The van der Waals surface area contributed by atoms with Crippen molar-refractivity contribution in [2.75, 3.05) is 7.11 Å². The van der Waals surface area contributed by atoms with Crippen LogP contribution in [0.15, 0.2) is 23.1 Å². The number of benzene rings is 1. The molecule has 0 atom stereocenters. The molecule has 0 aliphatic heterocycles. The summed E-state index contributed by atoms with van der Waals surface area (Å²) in [6, 6.07) is 3.05. The summed E-state index contributed by atoms with van der Waals surface area (Å²) in [6.45, 7) is 0. The van der Waals surface area contributed by atoms with E-state index in [1.807, 2.05) is 0 Å². The molecular formula is C8H8O6S. The van der Waals surface area contributed by atoms with Gasteiger partial charge in [-0.25, -0.2) is 4.79 Å². The van der Waals surface area contributed by atoms with Crippen LogP contribution in [0.5, 0.6) is 5.75 Å². The molecule has 7 heteroatoms. The first kappa shape index (κ1) is 11.5. The molecule has 82 valence electrons. The molecule has 2 N–H and O–H groups in total. The lowest BCUT2D eigenvalue weighted by Gasteiger charge is -2.05. The Kier molecular flexibility index (Phi) is 2.96. The first-order valence-electron chi connectivity index (χ1n) is 3.75. The lowest BCUT2D eigenvalue weighted by Crippen LogP contribution is -2.04. The SMILES string of the molecule is COc1ccc(S(=O)(=O)O)cc1C(=O)O. The molecule has 0 heterocycles. The van der Waals surface area contributed by atoms with Crippen LogP contribution in [0.4, 0.5) is 0 Å². The third-order valence-electron chi connectivity index (χ3n) is 1.70. The molecule has 0 aliphatic rings. The Balaban J connectivity index is 3.42. The molecule has 0 aromatic heterocycles.